The van der Waals surface area contributed by atoms with Crippen molar-refractivity contribution in [1.29, 1.82) is 0 Å². The molecular weight excluding hydrogens is 700 g/mol. The Morgan fingerprint density at radius 3 is 1.69 bits per heavy atom. The molecule has 0 atom stereocenters. The predicted molar refractivity (Wildman–Crippen MR) is 201 cm³/mol. The molecule has 0 radical (unpaired) electrons. The number of likely N-dealkylation sites (tertiary alicyclic amines) is 1. The van der Waals surface area contributed by atoms with Crippen LogP contribution in [0.5, 0.6) is 0 Å². The van der Waals surface area contributed by atoms with E-state index >= 15 is 0 Å². The van der Waals surface area contributed by atoms with Gasteiger partial charge in [-0.05, 0) is 87.4 Å². The quantitative estimate of drug-likeness (QED) is 0.222. The van der Waals surface area contributed by atoms with Crippen molar-refractivity contribution in [3.8, 4) is 0 Å². The number of benzene rings is 3. The van der Waals surface area contributed by atoms with E-state index in [2.05, 4.69) is 61.9 Å². The fraction of sp³-hybridized carbons (Fsp3) is 0.457. The summed E-state index contributed by atoms with van der Waals surface area (Å²) in [6, 6.07) is 27.7. The standard InChI is InChI=1S/C29H33ClN2O2.C6H18O2Si2.ClH.O2Si/c1-31(2)27(33)29(24-9-5-3-6-10-24,25-11-7-4-8-12-25)19-22-32-20-17-28(34,18-21-32)23-13-15-26(30)16-14-23;1-7-10(5,6)8-9(2,3)4;;1-3-2/h3-16,34H,17-22H2,1-2H3;1-6H3;1H;. The Kier molecular flexibility index (Phi) is 18.1. The average Bonchev–Trinajstić information content (AvgIpc) is 3.03. The van der Waals surface area contributed by atoms with E-state index in [1.54, 1.807) is 12.0 Å². The van der Waals surface area contributed by atoms with Crippen LogP contribution in [0.15, 0.2) is 84.9 Å². The van der Waals surface area contributed by atoms with Crippen LogP contribution in [0.1, 0.15) is 36.0 Å². The van der Waals surface area contributed by atoms with E-state index in [9.17, 15) is 9.90 Å². The van der Waals surface area contributed by atoms with Crippen LogP contribution in [0.25, 0.3) is 0 Å². The molecule has 0 bridgehead atoms. The molecule has 3 aromatic rings. The molecule has 4 rings (SSSR count). The first-order valence-electron chi connectivity index (χ1n) is 15.8. The van der Waals surface area contributed by atoms with Crippen LogP contribution in [-0.4, -0.2) is 87.8 Å². The molecule has 264 valence electrons. The van der Waals surface area contributed by atoms with Crippen molar-refractivity contribution in [1.82, 2.24) is 9.80 Å². The molecular formula is C35H52Cl2N2O6Si3. The van der Waals surface area contributed by atoms with Gasteiger partial charge < -0.3 is 23.4 Å². The van der Waals surface area contributed by atoms with Gasteiger partial charge in [0.15, 0.2) is 8.32 Å². The lowest BCUT2D eigenvalue weighted by atomic mass is 9.70. The zero-order valence-electron chi connectivity index (χ0n) is 29.5. The van der Waals surface area contributed by atoms with Crippen molar-refractivity contribution < 1.29 is 27.4 Å². The summed E-state index contributed by atoms with van der Waals surface area (Å²) in [5, 5.41) is 11.9. The number of halogens is 2. The van der Waals surface area contributed by atoms with Crippen LogP contribution in [0.4, 0.5) is 0 Å². The topological polar surface area (TPSA) is 96.4 Å². The van der Waals surface area contributed by atoms with Gasteiger partial charge in [0, 0.05) is 39.3 Å². The summed E-state index contributed by atoms with van der Waals surface area (Å²) in [6.45, 7) is 13.0. The molecule has 8 nitrogen and oxygen atoms in total. The van der Waals surface area contributed by atoms with Gasteiger partial charge in [-0.1, -0.05) is 84.4 Å². The van der Waals surface area contributed by atoms with E-state index in [4.69, 9.17) is 29.1 Å². The van der Waals surface area contributed by atoms with Crippen molar-refractivity contribution in [2.24, 2.45) is 0 Å². The van der Waals surface area contributed by atoms with Gasteiger partial charge in [-0.3, -0.25) is 13.7 Å². The highest BCUT2D eigenvalue weighted by molar-refractivity contribution is 6.81. The molecule has 0 unspecified atom stereocenters. The Morgan fingerprint density at radius 2 is 1.33 bits per heavy atom. The number of amides is 1. The maximum Gasteiger partial charge on any atom is 0.549 e. The number of carbonyl (C=O) groups excluding carboxylic acids is 1. The van der Waals surface area contributed by atoms with Crippen LogP contribution in [-0.2, 0) is 33.3 Å². The molecule has 1 amide bonds. The molecule has 1 aliphatic heterocycles. The highest BCUT2D eigenvalue weighted by Crippen LogP contribution is 2.39. The van der Waals surface area contributed by atoms with Crippen molar-refractivity contribution in [2.45, 2.75) is 63.0 Å². The first-order chi connectivity index (χ1) is 22.0. The zero-order valence-corrected chi connectivity index (χ0v) is 34.1. The Labute approximate surface area is 302 Å². The number of piperidine rings is 1. The Balaban J connectivity index is 0.000000702. The van der Waals surface area contributed by atoms with Gasteiger partial charge >= 0.3 is 17.9 Å². The highest BCUT2D eigenvalue weighted by Gasteiger charge is 2.43. The molecule has 48 heavy (non-hydrogen) atoms. The van der Waals surface area contributed by atoms with E-state index in [0.29, 0.717) is 24.3 Å². The number of nitrogens with zero attached hydrogens (tertiary/aromatic N) is 2. The second-order valence-corrected chi connectivity index (χ2v) is 22.2. The van der Waals surface area contributed by atoms with Gasteiger partial charge in [0.05, 0.1) is 5.60 Å². The minimum atomic E-state index is -1.75. The number of aliphatic hydroxyl groups is 1. The summed E-state index contributed by atoms with van der Waals surface area (Å²) in [4.78, 5) is 17.9. The van der Waals surface area contributed by atoms with Gasteiger partial charge in [0.1, 0.15) is 5.41 Å². The molecule has 0 aliphatic carbocycles. The second kappa shape index (κ2) is 19.9. The predicted octanol–water partition coefficient (Wildman–Crippen LogP) is 7.08. The van der Waals surface area contributed by atoms with E-state index in [1.165, 1.54) is 0 Å². The van der Waals surface area contributed by atoms with Crippen LogP contribution in [0.2, 0.25) is 37.8 Å². The molecule has 0 spiro atoms. The van der Waals surface area contributed by atoms with Crippen molar-refractivity contribution in [3.63, 3.8) is 0 Å². The van der Waals surface area contributed by atoms with Crippen LogP contribution < -0.4 is 0 Å². The van der Waals surface area contributed by atoms with Crippen LogP contribution in [0, 0.1) is 0 Å². The Bertz CT molecular complexity index is 1370. The molecule has 3 aromatic carbocycles. The van der Waals surface area contributed by atoms with Crippen LogP contribution >= 0.6 is 24.0 Å². The fourth-order valence-corrected chi connectivity index (χ4v) is 12.3. The normalized spacial score (nSPS) is 14.5. The number of rotatable bonds is 10. The smallest absolute Gasteiger partial charge is 0.436 e. The summed E-state index contributed by atoms with van der Waals surface area (Å²) in [6.07, 6.45) is 1.97. The summed E-state index contributed by atoms with van der Waals surface area (Å²) in [5.74, 6) is 0.0829. The highest BCUT2D eigenvalue weighted by atomic mass is 35.5. The van der Waals surface area contributed by atoms with Crippen molar-refractivity contribution in [3.05, 3.63) is 107 Å². The monoisotopic (exact) mass is 750 g/mol. The summed E-state index contributed by atoms with van der Waals surface area (Å²) in [5.41, 5.74) is 1.33. The molecule has 0 aromatic heterocycles. The van der Waals surface area contributed by atoms with Gasteiger partial charge in [-0.15, -0.1) is 12.4 Å². The lowest BCUT2D eigenvalue weighted by molar-refractivity contribution is -0.133. The third kappa shape index (κ3) is 12.9. The number of hydrogen-bond acceptors (Lipinski definition) is 7. The van der Waals surface area contributed by atoms with Gasteiger partial charge in [-0.2, -0.15) is 0 Å². The van der Waals surface area contributed by atoms with E-state index in [-0.39, 0.29) is 18.3 Å². The van der Waals surface area contributed by atoms with Gasteiger partial charge in [-0.25, -0.2) is 0 Å². The SMILES string of the molecule is CN(C)C(=O)C(CCN1CCC(O)(c2ccc(Cl)cc2)CC1)(c1ccccc1)c1ccccc1.CO[Si](C)(C)O[Si](C)(C)C.Cl.O=[Si]=O. The third-order valence-corrected chi connectivity index (χ3v) is 13.9. The number of likely N-dealkylation sites (N-methyl/N-ethyl adjacent to an activating group) is 1. The third-order valence-electron chi connectivity index (χ3n) is 8.22. The molecule has 1 N–H and O–H groups in total. The molecule has 1 fully saturated rings. The van der Waals surface area contributed by atoms with E-state index < -0.39 is 37.2 Å². The minimum Gasteiger partial charge on any atom is -0.436 e. The van der Waals surface area contributed by atoms with Gasteiger partial charge in [0.2, 0.25) is 5.91 Å². The molecule has 1 aliphatic rings. The maximum absolute atomic E-state index is 13.8. The summed E-state index contributed by atoms with van der Waals surface area (Å²) in [7, 11) is 0.843. The van der Waals surface area contributed by atoms with Gasteiger partial charge in [0.25, 0.3) is 0 Å². The zero-order chi connectivity index (χ0) is 35.3. The molecule has 0 saturated carbocycles. The maximum atomic E-state index is 13.8. The Hall–Kier alpha value is -2.20. The average molecular weight is 752 g/mol. The first kappa shape index (κ1) is 43.8. The minimum absolute atomic E-state index is 0. The lowest BCUT2D eigenvalue weighted by Gasteiger charge is -2.41. The molecule has 1 saturated heterocycles. The first-order valence-corrected chi connectivity index (χ1v) is 23.2. The van der Waals surface area contributed by atoms with Crippen molar-refractivity contribution in [2.75, 3.05) is 40.8 Å². The Morgan fingerprint density at radius 1 is 0.896 bits per heavy atom. The summed E-state index contributed by atoms with van der Waals surface area (Å²) >= 11 is 6.03. The number of carbonyl (C=O) groups is 1. The molecule has 1 heterocycles. The fourth-order valence-electron chi connectivity index (χ4n) is 5.94. The van der Waals surface area contributed by atoms with E-state index in [0.717, 1.165) is 36.3 Å². The van der Waals surface area contributed by atoms with Crippen LogP contribution in [0.3, 0.4) is 0 Å². The van der Waals surface area contributed by atoms with Crippen molar-refractivity contribution >= 4 is 56.1 Å². The second-order valence-electron chi connectivity index (χ2n) is 13.4. The largest absolute Gasteiger partial charge is 0.549 e. The lowest BCUT2D eigenvalue weighted by Crippen LogP contribution is -2.48. The van der Waals surface area contributed by atoms with E-state index in [1.807, 2.05) is 74.8 Å². The summed E-state index contributed by atoms with van der Waals surface area (Å²) < 4.78 is 27.9. The molecule has 13 heteroatoms. The number of hydrogen-bond donors (Lipinski definition) is 1.